The Morgan fingerprint density at radius 2 is 1.48 bits per heavy atom. The molecule has 12 nitrogen and oxygen atoms in total. The molecule has 2 aromatic carbocycles. The average Bonchev–Trinajstić information content (AvgIpc) is 3.62. The van der Waals surface area contributed by atoms with Crippen LogP contribution in [0.1, 0.15) is 36.8 Å². The van der Waals surface area contributed by atoms with Gasteiger partial charge in [0.1, 0.15) is 24.2 Å². The van der Waals surface area contributed by atoms with E-state index in [1.165, 1.54) is 0 Å². The minimum Gasteiger partial charge on any atom is -0.466 e. The SMILES string of the molecule is CCOC(=O)[C@@H]1[C@@H]2CN(c3cc(C(=O)N[C@H](C(=O)N4CCN(C(=O)OCc5ccccc5)CC4)C(C)C)nc(-c4ccccc4)n3)C[C@@H]21. The number of benzene rings is 2. The molecule has 2 saturated heterocycles. The zero-order chi connectivity index (χ0) is 33.8. The van der Waals surface area contributed by atoms with Gasteiger partial charge in [-0.3, -0.25) is 14.4 Å². The number of aromatic nitrogens is 2. The van der Waals surface area contributed by atoms with E-state index in [1.807, 2.05) is 81.4 Å². The van der Waals surface area contributed by atoms with Gasteiger partial charge in [-0.25, -0.2) is 14.8 Å². The highest BCUT2D eigenvalue weighted by atomic mass is 16.6. The van der Waals surface area contributed by atoms with E-state index in [-0.39, 0.29) is 47.8 Å². The van der Waals surface area contributed by atoms with Crippen LogP contribution in [-0.4, -0.2) is 95.6 Å². The van der Waals surface area contributed by atoms with Crippen LogP contribution in [0.5, 0.6) is 0 Å². The van der Waals surface area contributed by atoms with E-state index < -0.39 is 18.0 Å². The number of piperazine rings is 1. The first-order chi connectivity index (χ1) is 23.2. The molecule has 48 heavy (non-hydrogen) atoms. The summed E-state index contributed by atoms with van der Waals surface area (Å²) in [5.74, 6) is 0.298. The Balaban J connectivity index is 1.11. The van der Waals surface area contributed by atoms with Gasteiger partial charge in [-0.05, 0) is 30.2 Å². The van der Waals surface area contributed by atoms with Gasteiger partial charge < -0.3 is 29.5 Å². The van der Waals surface area contributed by atoms with Crippen molar-refractivity contribution in [3.63, 3.8) is 0 Å². The third-order valence-corrected chi connectivity index (χ3v) is 9.33. The maximum atomic E-state index is 13.8. The Bertz CT molecular complexity index is 1620. The van der Waals surface area contributed by atoms with E-state index in [4.69, 9.17) is 14.5 Å². The molecule has 1 saturated carbocycles. The smallest absolute Gasteiger partial charge is 0.410 e. The van der Waals surface area contributed by atoms with Crippen LogP contribution in [0.3, 0.4) is 0 Å². The van der Waals surface area contributed by atoms with Crippen molar-refractivity contribution in [1.82, 2.24) is 25.1 Å². The van der Waals surface area contributed by atoms with Gasteiger partial charge in [0, 0.05) is 50.9 Å². The van der Waals surface area contributed by atoms with Gasteiger partial charge in [0.05, 0.1) is 12.5 Å². The summed E-state index contributed by atoms with van der Waals surface area (Å²) in [7, 11) is 0. The van der Waals surface area contributed by atoms with Crippen LogP contribution in [0, 0.1) is 23.7 Å². The second kappa shape index (κ2) is 14.4. The number of carbonyl (C=O) groups excluding carboxylic acids is 4. The summed E-state index contributed by atoms with van der Waals surface area (Å²) in [5.41, 5.74) is 1.83. The first-order valence-electron chi connectivity index (χ1n) is 16.6. The first-order valence-corrected chi connectivity index (χ1v) is 16.6. The highest BCUT2D eigenvalue weighted by Gasteiger charge is 2.60. The Morgan fingerprint density at radius 1 is 0.854 bits per heavy atom. The van der Waals surface area contributed by atoms with Crippen LogP contribution in [0.4, 0.5) is 10.6 Å². The number of esters is 1. The highest BCUT2D eigenvalue weighted by Crippen LogP contribution is 2.53. The minimum absolute atomic E-state index is 0.0842. The number of rotatable bonds is 10. The molecule has 0 spiro atoms. The van der Waals surface area contributed by atoms with Crippen LogP contribution < -0.4 is 10.2 Å². The van der Waals surface area contributed by atoms with E-state index in [0.717, 1.165) is 11.1 Å². The molecule has 3 aliphatic rings. The lowest BCUT2D eigenvalue weighted by Gasteiger charge is -2.36. The summed E-state index contributed by atoms with van der Waals surface area (Å²) in [5, 5.41) is 2.95. The first kappa shape index (κ1) is 32.9. The Hall–Kier alpha value is -5.00. The summed E-state index contributed by atoms with van der Waals surface area (Å²) in [6.45, 7) is 8.74. The number of nitrogens with zero attached hydrogens (tertiary/aromatic N) is 5. The van der Waals surface area contributed by atoms with Crippen LogP contribution in [0.25, 0.3) is 11.4 Å². The fourth-order valence-corrected chi connectivity index (χ4v) is 6.58. The van der Waals surface area contributed by atoms with Gasteiger partial charge in [0.25, 0.3) is 5.91 Å². The predicted molar refractivity (Wildman–Crippen MR) is 178 cm³/mol. The summed E-state index contributed by atoms with van der Waals surface area (Å²) in [6, 6.07) is 19.8. The Morgan fingerprint density at radius 3 is 2.10 bits per heavy atom. The number of hydrogen-bond acceptors (Lipinski definition) is 9. The van der Waals surface area contributed by atoms with Crippen molar-refractivity contribution in [3.05, 3.63) is 78.0 Å². The number of nitrogens with one attached hydrogen (secondary N) is 1. The van der Waals surface area contributed by atoms with E-state index in [9.17, 15) is 19.2 Å². The van der Waals surface area contributed by atoms with E-state index in [2.05, 4.69) is 15.2 Å². The lowest BCUT2D eigenvalue weighted by atomic mass is 10.0. The molecule has 4 atom stereocenters. The molecule has 252 valence electrons. The molecular weight excluding hydrogens is 612 g/mol. The summed E-state index contributed by atoms with van der Waals surface area (Å²) in [6.07, 6.45) is -0.417. The van der Waals surface area contributed by atoms with Crippen molar-refractivity contribution in [1.29, 1.82) is 0 Å². The quantitative estimate of drug-likeness (QED) is 0.326. The molecule has 3 amide bonds. The fourth-order valence-electron chi connectivity index (χ4n) is 6.58. The van der Waals surface area contributed by atoms with Gasteiger partial charge in [0.15, 0.2) is 5.82 Å². The third kappa shape index (κ3) is 7.27. The van der Waals surface area contributed by atoms with Gasteiger partial charge in [-0.2, -0.15) is 0 Å². The van der Waals surface area contributed by atoms with E-state index in [1.54, 1.807) is 15.9 Å². The van der Waals surface area contributed by atoms with Gasteiger partial charge in [0.2, 0.25) is 5.91 Å². The number of hydrogen-bond donors (Lipinski definition) is 1. The molecule has 3 fully saturated rings. The van der Waals surface area contributed by atoms with Gasteiger partial charge in [-0.1, -0.05) is 74.5 Å². The molecule has 1 aliphatic carbocycles. The van der Waals surface area contributed by atoms with Gasteiger partial charge in [-0.15, -0.1) is 0 Å². The molecule has 1 aromatic heterocycles. The zero-order valence-electron chi connectivity index (χ0n) is 27.6. The van der Waals surface area contributed by atoms with Gasteiger partial charge >= 0.3 is 12.1 Å². The fraction of sp³-hybridized carbons (Fsp3) is 0.444. The molecule has 3 heterocycles. The maximum absolute atomic E-state index is 13.8. The summed E-state index contributed by atoms with van der Waals surface area (Å²) < 4.78 is 10.7. The van der Waals surface area contributed by atoms with Crippen LogP contribution in [-0.2, 0) is 25.7 Å². The third-order valence-electron chi connectivity index (χ3n) is 9.33. The number of fused-ring (bicyclic) bond motifs is 1. The molecule has 1 N–H and O–H groups in total. The van der Waals surface area contributed by atoms with Crippen molar-refractivity contribution >= 4 is 29.7 Å². The molecule has 12 heteroatoms. The average molecular weight is 655 g/mol. The number of piperidine rings is 1. The van der Waals surface area contributed by atoms with Crippen LogP contribution in [0.15, 0.2) is 66.7 Å². The highest BCUT2D eigenvalue weighted by molar-refractivity contribution is 5.97. The van der Waals surface area contributed by atoms with Crippen LogP contribution >= 0.6 is 0 Å². The monoisotopic (exact) mass is 654 g/mol. The maximum Gasteiger partial charge on any atom is 0.410 e. The normalized spacial score (nSPS) is 20.6. The standard InChI is InChI=1S/C36H42N6O6/c1-4-47-35(45)30-26-20-42(21-27(26)30)29-19-28(37-32(38-29)25-13-9-6-10-14-25)33(43)39-31(23(2)3)34(44)40-15-17-41(18-16-40)36(46)48-22-24-11-7-5-8-12-24/h5-14,19,23,26-27,30-31H,4,15-18,20-22H2,1-3H3,(H,39,43)/t26-,27+,30-,31-/m0/s1. The Kier molecular flexibility index (Phi) is 9.88. The van der Waals surface area contributed by atoms with Crippen molar-refractivity contribution in [2.75, 3.05) is 50.8 Å². The number of ether oxygens (including phenoxy) is 2. The van der Waals surface area contributed by atoms with Crippen molar-refractivity contribution in [2.45, 2.75) is 33.4 Å². The second-order valence-corrected chi connectivity index (χ2v) is 12.9. The molecule has 0 unspecified atom stereocenters. The minimum atomic E-state index is -0.794. The molecule has 6 rings (SSSR count). The second-order valence-electron chi connectivity index (χ2n) is 12.9. The number of anilines is 1. The van der Waals surface area contributed by atoms with E-state index >= 15 is 0 Å². The summed E-state index contributed by atoms with van der Waals surface area (Å²) >= 11 is 0. The molecule has 0 bridgehead atoms. The van der Waals surface area contributed by atoms with Crippen molar-refractivity contribution < 1.29 is 28.7 Å². The molecule has 0 radical (unpaired) electrons. The molecule has 3 aromatic rings. The predicted octanol–water partition coefficient (Wildman–Crippen LogP) is 3.62. The largest absolute Gasteiger partial charge is 0.466 e. The lowest BCUT2D eigenvalue weighted by molar-refractivity contribution is -0.145. The zero-order valence-corrected chi connectivity index (χ0v) is 27.6. The Labute approximate surface area is 280 Å². The van der Waals surface area contributed by atoms with Crippen molar-refractivity contribution in [2.24, 2.45) is 23.7 Å². The van der Waals surface area contributed by atoms with Crippen molar-refractivity contribution in [3.8, 4) is 11.4 Å². The topological polar surface area (TPSA) is 134 Å². The lowest BCUT2D eigenvalue weighted by Crippen LogP contribution is -2.57. The number of amides is 3. The summed E-state index contributed by atoms with van der Waals surface area (Å²) in [4.78, 5) is 67.3. The number of carbonyl (C=O) groups is 4. The molecular formula is C36H42N6O6. The van der Waals surface area contributed by atoms with E-state index in [0.29, 0.717) is 57.5 Å². The molecule has 2 aliphatic heterocycles. The van der Waals surface area contributed by atoms with Crippen LogP contribution in [0.2, 0.25) is 0 Å².